The molecule has 0 saturated heterocycles. The molecule has 2 nitrogen and oxygen atoms in total. The summed E-state index contributed by atoms with van der Waals surface area (Å²) in [5.74, 6) is 1.57. The van der Waals surface area contributed by atoms with Crippen molar-refractivity contribution in [2.75, 3.05) is 11.9 Å². The average Bonchev–Trinajstić information content (AvgIpc) is 2.90. The van der Waals surface area contributed by atoms with Crippen molar-refractivity contribution in [1.29, 1.82) is 0 Å². The van der Waals surface area contributed by atoms with Gasteiger partial charge in [0.05, 0.1) is 12.6 Å². The number of fused-ring (bicyclic) bond motifs is 1. The number of anilines is 1. The van der Waals surface area contributed by atoms with Crippen LogP contribution >= 0.6 is 0 Å². The number of benzene rings is 2. The van der Waals surface area contributed by atoms with E-state index < -0.39 is 0 Å². The van der Waals surface area contributed by atoms with E-state index in [0.717, 1.165) is 12.2 Å². The molecule has 0 saturated carbocycles. The largest absolute Gasteiger partial charge is 0.494 e. The number of nitrogens with one attached hydrogen (secondary N) is 1. The zero-order valence-corrected chi connectivity index (χ0v) is 13.0. The molecular formula is C19H23NO. The quantitative estimate of drug-likeness (QED) is 0.859. The third-order valence-electron chi connectivity index (χ3n) is 4.14. The van der Waals surface area contributed by atoms with E-state index in [1.807, 2.05) is 13.0 Å². The van der Waals surface area contributed by atoms with Gasteiger partial charge < -0.3 is 10.1 Å². The van der Waals surface area contributed by atoms with Crippen LogP contribution in [0.15, 0.2) is 42.5 Å². The zero-order chi connectivity index (χ0) is 14.8. The summed E-state index contributed by atoms with van der Waals surface area (Å²) >= 11 is 0. The van der Waals surface area contributed by atoms with Gasteiger partial charge in [-0.25, -0.2) is 0 Å². The topological polar surface area (TPSA) is 21.3 Å². The molecule has 0 bridgehead atoms. The first-order valence-corrected chi connectivity index (χ1v) is 7.80. The van der Waals surface area contributed by atoms with E-state index in [1.165, 1.54) is 22.4 Å². The van der Waals surface area contributed by atoms with Crippen molar-refractivity contribution in [3.8, 4) is 5.75 Å². The Balaban J connectivity index is 1.88. The van der Waals surface area contributed by atoms with Gasteiger partial charge in [-0.1, -0.05) is 44.2 Å². The molecule has 1 N–H and O–H groups in total. The maximum Gasteiger partial charge on any atom is 0.124 e. The minimum atomic E-state index is 0.310. The van der Waals surface area contributed by atoms with Gasteiger partial charge in [-0.2, -0.15) is 0 Å². The van der Waals surface area contributed by atoms with Gasteiger partial charge in [0, 0.05) is 11.3 Å². The highest BCUT2D eigenvalue weighted by molar-refractivity contribution is 5.60. The van der Waals surface area contributed by atoms with Gasteiger partial charge in [0.2, 0.25) is 0 Å². The van der Waals surface area contributed by atoms with E-state index in [1.54, 1.807) is 0 Å². The van der Waals surface area contributed by atoms with E-state index in [0.29, 0.717) is 18.6 Å². The number of hydrogen-bond donors (Lipinski definition) is 1. The van der Waals surface area contributed by atoms with Gasteiger partial charge in [-0.15, -0.1) is 0 Å². The Morgan fingerprint density at radius 2 is 2.00 bits per heavy atom. The van der Waals surface area contributed by atoms with Crippen LogP contribution in [0.2, 0.25) is 0 Å². The molecule has 0 radical (unpaired) electrons. The van der Waals surface area contributed by atoms with Gasteiger partial charge in [0.1, 0.15) is 5.75 Å². The molecule has 0 aromatic heterocycles. The highest BCUT2D eigenvalue weighted by atomic mass is 16.5. The molecular weight excluding hydrogens is 258 g/mol. The lowest BCUT2D eigenvalue weighted by Gasteiger charge is -2.16. The molecule has 1 aliphatic rings. The Morgan fingerprint density at radius 1 is 1.19 bits per heavy atom. The molecule has 2 aromatic carbocycles. The monoisotopic (exact) mass is 281 g/mol. The van der Waals surface area contributed by atoms with Crippen molar-refractivity contribution in [3.05, 3.63) is 59.2 Å². The van der Waals surface area contributed by atoms with E-state index in [9.17, 15) is 0 Å². The van der Waals surface area contributed by atoms with Crippen LogP contribution < -0.4 is 10.1 Å². The van der Waals surface area contributed by atoms with Crippen molar-refractivity contribution >= 4 is 5.69 Å². The summed E-state index contributed by atoms with van der Waals surface area (Å²) in [6.45, 7) is 7.22. The molecule has 0 fully saturated rings. The third-order valence-corrected chi connectivity index (χ3v) is 4.14. The first-order valence-electron chi connectivity index (χ1n) is 7.80. The van der Waals surface area contributed by atoms with Crippen LogP contribution in [0.3, 0.4) is 0 Å². The predicted molar refractivity (Wildman–Crippen MR) is 88.2 cm³/mol. The highest BCUT2D eigenvalue weighted by Crippen LogP contribution is 2.38. The summed E-state index contributed by atoms with van der Waals surface area (Å²) in [6, 6.07) is 15.4. The molecule has 0 aliphatic carbocycles. The molecule has 3 rings (SSSR count). The van der Waals surface area contributed by atoms with Crippen LogP contribution in [0.5, 0.6) is 5.75 Å². The second-order valence-corrected chi connectivity index (χ2v) is 5.94. The van der Waals surface area contributed by atoms with E-state index in [2.05, 4.69) is 55.6 Å². The Bertz CT molecular complexity index is 633. The van der Waals surface area contributed by atoms with Crippen molar-refractivity contribution in [1.82, 2.24) is 0 Å². The maximum absolute atomic E-state index is 5.77. The van der Waals surface area contributed by atoms with Crippen LogP contribution in [-0.4, -0.2) is 6.61 Å². The van der Waals surface area contributed by atoms with E-state index >= 15 is 0 Å². The van der Waals surface area contributed by atoms with Crippen molar-refractivity contribution < 1.29 is 4.74 Å². The normalized spacial score (nSPS) is 16.7. The summed E-state index contributed by atoms with van der Waals surface area (Å²) in [6.07, 6.45) is 1.03. The first kappa shape index (κ1) is 14.0. The minimum absolute atomic E-state index is 0.310. The summed E-state index contributed by atoms with van der Waals surface area (Å²) in [4.78, 5) is 0. The Labute approximate surface area is 127 Å². The summed E-state index contributed by atoms with van der Waals surface area (Å²) in [5, 5.41) is 3.64. The standard InChI is InChI=1S/C19H23NO/c1-4-21-19-8-6-5-7-16(19)18-12-15-11-14(13(2)3)9-10-17(15)20-18/h5-11,13,18,20H,4,12H2,1-3H3. The molecule has 0 spiro atoms. The van der Waals surface area contributed by atoms with Gasteiger partial charge in [-0.3, -0.25) is 0 Å². The zero-order valence-electron chi connectivity index (χ0n) is 13.0. The number of hydrogen-bond acceptors (Lipinski definition) is 2. The Hall–Kier alpha value is -1.96. The fraction of sp³-hybridized carbons (Fsp3) is 0.368. The second-order valence-electron chi connectivity index (χ2n) is 5.94. The van der Waals surface area contributed by atoms with Gasteiger partial charge in [0.15, 0.2) is 0 Å². The van der Waals surface area contributed by atoms with Gasteiger partial charge in [0.25, 0.3) is 0 Å². The molecule has 1 aliphatic heterocycles. The molecule has 1 unspecified atom stereocenters. The summed E-state index contributed by atoms with van der Waals surface area (Å²) < 4.78 is 5.77. The van der Waals surface area contributed by atoms with Crippen LogP contribution in [-0.2, 0) is 6.42 Å². The minimum Gasteiger partial charge on any atom is -0.494 e. The summed E-state index contributed by atoms with van der Waals surface area (Å²) in [7, 11) is 0. The van der Waals surface area contributed by atoms with Crippen LogP contribution in [0.25, 0.3) is 0 Å². The third kappa shape index (κ3) is 2.76. The molecule has 110 valence electrons. The average molecular weight is 281 g/mol. The lowest BCUT2D eigenvalue weighted by molar-refractivity contribution is 0.335. The molecule has 2 aromatic rings. The molecule has 2 heteroatoms. The lowest BCUT2D eigenvalue weighted by atomic mass is 9.97. The number of para-hydroxylation sites is 1. The van der Waals surface area contributed by atoms with Gasteiger partial charge in [-0.05, 0) is 42.5 Å². The molecule has 21 heavy (non-hydrogen) atoms. The van der Waals surface area contributed by atoms with Crippen LogP contribution in [0.1, 0.15) is 49.4 Å². The molecule has 1 atom stereocenters. The van der Waals surface area contributed by atoms with Crippen molar-refractivity contribution in [3.63, 3.8) is 0 Å². The first-order chi connectivity index (χ1) is 10.2. The second kappa shape index (κ2) is 5.80. The van der Waals surface area contributed by atoms with Crippen molar-refractivity contribution in [2.45, 2.75) is 39.2 Å². The fourth-order valence-corrected chi connectivity index (χ4v) is 2.98. The lowest BCUT2D eigenvalue weighted by Crippen LogP contribution is -2.08. The van der Waals surface area contributed by atoms with E-state index in [4.69, 9.17) is 4.74 Å². The van der Waals surface area contributed by atoms with Gasteiger partial charge >= 0.3 is 0 Å². The van der Waals surface area contributed by atoms with Crippen LogP contribution in [0, 0.1) is 0 Å². The van der Waals surface area contributed by atoms with Crippen molar-refractivity contribution in [2.24, 2.45) is 0 Å². The van der Waals surface area contributed by atoms with E-state index in [-0.39, 0.29) is 0 Å². The fourth-order valence-electron chi connectivity index (χ4n) is 2.98. The Morgan fingerprint density at radius 3 is 2.76 bits per heavy atom. The molecule has 0 amide bonds. The maximum atomic E-state index is 5.77. The molecule has 1 heterocycles. The highest BCUT2D eigenvalue weighted by Gasteiger charge is 2.24. The number of rotatable bonds is 4. The Kier molecular flexibility index (Phi) is 3.87. The number of ether oxygens (including phenoxy) is 1. The smallest absolute Gasteiger partial charge is 0.124 e. The summed E-state index contributed by atoms with van der Waals surface area (Å²) in [5.41, 5.74) is 5.34. The SMILES string of the molecule is CCOc1ccccc1C1Cc2cc(C(C)C)ccc2N1. The van der Waals surface area contributed by atoms with Crippen LogP contribution in [0.4, 0.5) is 5.69 Å². The predicted octanol–water partition coefficient (Wildman–Crippen LogP) is 4.92.